The van der Waals surface area contributed by atoms with Gasteiger partial charge in [0, 0.05) is 58.2 Å². The number of aromatic amines is 1. The molecule has 1 amide bonds. The van der Waals surface area contributed by atoms with Crippen LogP contribution in [0.3, 0.4) is 0 Å². The number of carbonyl (C=O) groups excluding carboxylic acids is 2. The number of furan rings is 1. The van der Waals surface area contributed by atoms with Crippen LogP contribution in [0.1, 0.15) is 46.7 Å². The number of aromatic nitrogens is 3. The molecule has 9 nitrogen and oxygen atoms in total. The first-order valence-corrected chi connectivity index (χ1v) is 15.6. The summed E-state index contributed by atoms with van der Waals surface area (Å²) in [5.74, 6) is -0.890. The van der Waals surface area contributed by atoms with Gasteiger partial charge in [0.05, 0.1) is 28.1 Å². The smallest absolute Gasteiger partial charge is 0.255 e. The molecular weight excluding hydrogens is 639 g/mol. The maximum atomic E-state index is 13.2. The van der Waals surface area contributed by atoms with E-state index in [-0.39, 0.29) is 48.0 Å². The van der Waals surface area contributed by atoms with Crippen molar-refractivity contribution in [3.8, 4) is 39.3 Å². The maximum absolute atomic E-state index is 13.2. The number of phenols is 1. The van der Waals surface area contributed by atoms with Gasteiger partial charge in [-0.1, -0.05) is 66.5 Å². The summed E-state index contributed by atoms with van der Waals surface area (Å²) in [6, 6.07) is 20.9. The Morgan fingerprint density at radius 3 is 2.40 bits per heavy atom. The molecule has 3 heterocycles. The third-order valence-electron chi connectivity index (χ3n) is 7.91. The first-order valence-electron chi connectivity index (χ1n) is 14.9. The van der Waals surface area contributed by atoms with E-state index in [0.717, 1.165) is 16.7 Å². The van der Waals surface area contributed by atoms with Gasteiger partial charge in [-0.25, -0.2) is 4.98 Å². The van der Waals surface area contributed by atoms with E-state index < -0.39 is 11.5 Å². The molecule has 0 bridgehead atoms. The van der Waals surface area contributed by atoms with E-state index in [9.17, 15) is 19.8 Å². The molecule has 11 heteroatoms. The van der Waals surface area contributed by atoms with Crippen LogP contribution in [0.5, 0.6) is 5.75 Å². The molecule has 6 rings (SSSR count). The SMILES string of the molecule is CCC(=O)c1oc2nc(-c3ccc(-c4cn[nH]c4)cc3Cl)c(-c3ccc(Cl)cc3)cc2c1CC(C)(O)CNC(=O)c1ccccc1O. The van der Waals surface area contributed by atoms with E-state index in [1.165, 1.54) is 12.1 Å². The van der Waals surface area contributed by atoms with E-state index >= 15 is 0 Å². The summed E-state index contributed by atoms with van der Waals surface area (Å²) in [6.45, 7) is 3.12. The van der Waals surface area contributed by atoms with Crippen molar-refractivity contribution in [1.82, 2.24) is 20.5 Å². The van der Waals surface area contributed by atoms with Gasteiger partial charge < -0.3 is 19.9 Å². The van der Waals surface area contributed by atoms with E-state index in [0.29, 0.717) is 37.8 Å². The fraction of sp³-hybridized carbons (Fsp3) is 0.167. The van der Waals surface area contributed by atoms with Crippen molar-refractivity contribution >= 4 is 46.0 Å². The molecule has 1 unspecified atom stereocenters. The number of ketones is 1. The molecule has 0 fully saturated rings. The average Bonchev–Trinajstić information content (AvgIpc) is 3.72. The predicted octanol–water partition coefficient (Wildman–Crippen LogP) is 7.88. The third kappa shape index (κ3) is 6.64. The second-order valence-electron chi connectivity index (χ2n) is 11.5. The van der Waals surface area contributed by atoms with Crippen LogP contribution in [-0.2, 0) is 6.42 Å². The van der Waals surface area contributed by atoms with Crippen LogP contribution in [0.2, 0.25) is 10.0 Å². The fourth-order valence-electron chi connectivity index (χ4n) is 5.46. The number of nitrogens with one attached hydrogen (secondary N) is 2. The number of aliphatic hydroxyl groups is 1. The van der Waals surface area contributed by atoms with Gasteiger partial charge in [-0.2, -0.15) is 5.10 Å². The molecule has 0 aliphatic rings. The summed E-state index contributed by atoms with van der Waals surface area (Å²) in [6.07, 6.45) is 3.61. The highest BCUT2D eigenvalue weighted by atomic mass is 35.5. The molecule has 0 saturated carbocycles. The number of halogens is 2. The van der Waals surface area contributed by atoms with Crippen LogP contribution in [-0.4, -0.2) is 49.2 Å². The predicted molar refractivity (Wildman–Crippen MR) is 182 cm³/mol. The number of phenolic OH excluding ortho intramolecular Hbond substituents is 1. The van der Waals surface area contributed by atoms with Crippen molar-refractivity contribution in [2.45, 2.75) is 32.3 Å². The second-order valence-corrected chi connectivity index (χ2v) is 12.3. The average molecular weight is 670 g/mol. The normalized spacial score (nSPS) is 12.6. The highest BCUT2D eigenvalue weighted by Gasteiger charge is 2.30. The number of pyridine rings is 1. The molecule has 0 saturated heterocycles. The zero-order valence-electron chi connectivity index (χ0n) is 25.5. The zero-order valence-corrected chi connectivity index (χ0v) is 27.0. The van der Waals surface area contributed by atoms with E-state index in [4.69, 9.17) is 32.6 Å². The van der Waals surface area contributed by atoms with Gasteiger partial charge in [0.15, 0.2) is 11.5 Å². The monoisotopic (exact) mass is 668 g/mol. The Kier molecular flexibility index (Phi) is 8.88. The number of hydrogen-bond acceptors (Lipinski definition) is 7. The van der Waals surface area contributed by atoms with Gasteiger partial charge in [0.25, 0.3) is 5.91 Å². The Labute approximate surface area is 280 Å². The zero-order chi connectivity index (χ0) is 33.3. The largest absolute Gasteiger partial charge is 0.507 e. The number of benzene rings is 3. The van der Waals surface area contributed by atoms with Crippen LogP contribution in [0, 0.1) is 0 Å². The maximum Gasteiger partial charge on any atom is 0.255 e. The molecule has 4 N–H and O–H groups in total. The molecule has 0 aliphatic heterocycles. The Morgan fingerprint density at radius 2 is 1.72 bits per heavy atom. The van der Waals surface area contributed by atoms with Crippen LogP contribution < -0.4 is 5.32 Å². The summed E-state index contributed by atoms with van der Waals surface area (Å²) < 4.78 is 6.13. The fourth-order valence-corrected chi connectivity index (χ4v) is 5.85. The van der Waals surface area contributed by atoms with Crippen molar-refractivity contribution in [3.05, 3.63) is 112 Å². The highest BCUT2D eigenvalue weighted by molar-refractivity contribution is 6.34. The molecule has 3 aromatic carbocycles. The first-order chi connectivity index (χ1) is 22.5. The van der Waals surface area contributed by atoms with Crippen molar-refractivity contribution < 1.29 is 24.2 Å². The van der Waals surface area contributed by atoms with Gasteiger partial charge in [0.2, 0.25) is 5.71 Å². The number of carbonyl (C=O) groups is 2. The summed E-state index contributed by atoms with van der Waals surface area (Å²) in [5.41, 5.74) is 3.66. The number of H-pyrrole nitrogens is 1. The lowest BCUT2D eigenvalue weighted by molar-refractivity contribution is 0.0549. The molecule has 3 aromatic heterocycles. The van der Waals surface area contributed by atoms with Crippen molar-refractivity contribution in [1.29, 1.82) is 0 Å². The minimum Gasteiger partial charge on any atom is -0.507 e. The minimum atomic E-state index is -1.51. The lowest BCUT2D eigenvalue weighted by Crippen LogP contribution is -2.42. The molecule has 0 radical (unpaired) electrons. The third-order valence-corrected chi connectivity index (χ3v) is 8.47. The number of aromatic hydroxyl groups is 1. The summed E-state index contributed by atoms with van der Waals surface area (Å²) in [5, 5.41) is 32.6. The number of rotatable bonds is 10. The molecule has 0 spiro atoms. The number of fused-ring (bicyclic) bond motifs is 1. The van der Waals surface area contributed by atoms with Crippen LogP contribution in [0.15, 0.2) is 89.6 Å². The van der Waals surface area contributed by atoms with Crippen molar-refractivity contribution in [2.24, 2.45) is 0 Å². The molecule has 238 valence electrons. The molecule has 47 heavy (non-hydrogen) atoms. The van der Waals surface area contributed by atoms with E-state index in [2.05, 4.69) is 15.5 Å². The Balaban J connectivity index is 1.45. The molecular formula is C36H30Cl2N4O5. The van der Waals surface area contributed by atoms with Gasteiger partial charge in [-0.15, -0.1) is 0 Å². The van der Waals surface area contributed by atoms with Gasteiger partial charge in [-0.3, -0.25) is 14.7 Å². The molecule has 0 aliphatic carbocycles. The second kappa shape index (κ2) is 13.0. The van der Waals surface area contributed by atoms with Gasteiger partial charge in [0.1, 0.15) is 5.75 Å². The lowest BCUT2D eigenvalue weighted by atomic mass is 9.91. The first kappa shape index (κ1) is 32.0. The van der Waals surface area contributed by atoms with E-state index in [1.54, 1.807) is 50.5 Å². The minimum absolute atomic E-state index is 0.0383. The summed E-state index contributed by atoms with van der Waals surface area (Å²) >= 11 is 13.1. The number of nitrogens with zero attached hydrogens (tertiary/aromatic N) is 2. The van der Waals surface area contributed by atoms with Gasteiger partial charge >= 0.3 is 0 Å². The summed E-state index contributed by atoms with van der Waals surface area (Å²) in [4.78, 5) is 30.9. The van der Waals surface area contributed by atoms with Crippen LogP contribution in [0.25, 0.3) is 44.6 Å². The Morgan fingerprint density at radius 1 is 0.979 bits per heavy atom. The number of para-hydroxylation sites is 1. The van der Waals surface area contributed by atoms with Gasteiger partial charge in [-0.05, 0) is 54.4 Å². The van der Waals surface area contributed by atoms with Crippen LogP contribution >= 0.6 is 23.2 Å². The Bertz CT molecular complexity index is 2100. The quantitative estimate of drug-likeness (QED) is 0.109. The highest BCUT2D eigenvalue weighted by Crippen LogP contribution is 2.41. The van der Waals surface area contributed by atoms with Crippen molar-refractivity contribution in [2.75, 3.05) is 6.54 Å². The van der Waals surface area contributed by atoms with Crippen LogP contribution in [0.4, 0.5) is 0 Å². The summed E-state index contributed by atoms with van der Waals surface area (Å²) in [7, 11) is 0. The Hall–Kier alpha value is -4.96. The number of hydrogen-bond donors (Lipinski definition) is 4. The number of Topliss-reactive ketones (excluding diaryl/α,β-unsaturated/α-hetero) is 1. The lowest BCUT2D eigenvalue weighted by Gasteiger charge is -2.24. The standard InChI is InChI=1S/C36H30Cl2N4O5/c1-3-30(43)33-28(16-36(2,46)19-39-34(45)25-6-4-5-7-31(25)44)27-15-26(20-8-11-23(37)12-9-20)32(42-35(27)47-33)24-13-10-21(14-29(24)38)22-17-40-41-18-22/h4-15,17-18,44,46H,3,16,19H2,1-2H3,(H,39,45)(H,40,41). The number of amides is 1. The van der Waals surface area contributed by atoms with Crippen molar-refractivity contribution in [3.63, 3.8) is 0 Å². The molecule has 6 aromatic rings. The molecule has 1 atom stereocenters. The van der Waals surface area contributed by atoms with E-state index in [1.807, 2.05) is 36.4 Å². The topological polar surface area (TPSA) is 141 Å².